The van der Waals surface area contributed by atoms with E-state index in [0.29, 0.717) is 6.54 Å². The highest BCUT2D eigenvalue weighted by molar-refractivity contribution is 9.10. The SMILES string of the molecule is Cc1ccc(Br)c(CNCC2(O)CCC2)c1. The predicted octanol–water partition coefficient (Wildman–Crippen LogP) is 2.76. The van der Waals surface area contributed by atoms with Crippen molar-refractivity contribution < 1.29 is 5.11 Å². The van der Waals surface area contributed by atoms with E-state index < -0.39 is 5.60 Å². The van der Waals surface area contributed by atoms with Gasteiger partial charge in [0.05, 0.1) is 5.60 Å². The molecule has 1 aliphatic carbocycles. The number of hydrogen-bond acceptors (Lipinski definition) is 2. The molecular weight excluding hydrogens is 266 g/mol. The molecular formula is C13H18BrNO. The van der Waals surface area contributed by atoms with Crippen molar-refractivity contribution in [3.8, 4) is 0 Å². The largest absolute Gasteiger partial charge is 0.389 e. The fraction of sp³-hybridized carbons (Fsp3) is 0.538. The van der Waals surface area contributed by atoms with Crippen molar-refractivity contribution in [2.45, 2.75) is 38.3 Å². The summed E-state index contributed by atoms with van der Waals surface area (Å²) in [5, 5.41) is 13.3. The third kappa shape index (κ3) is 2.84. The quantitative estimate of drug-likeness (QED) is 0.891. The number of aliphatic hydroxyl groups is 1. The summed E-state index contributed by atoms with van der Waals surface area (Å²) in [6.45, 7) is 3.60. The zero-order valence-electron chi connectivity index (χ0n) is 9.59. The molecule has 1 saturated carbocycles. The molecule has 1 fully saturated rings. The van der Waals surface area contributed by atoms with Gasteiger partial charge in [-0.25, -0.2) is 0 Å². The zero-order valence-corrected chi connectivity index (χ0v) is 11.2. The summed E-state index contributed by atoms with van der Waals surface area (Å²) < 4.78 is 1.13. The first-order chi connectivity index (χ1) is 7.59. The molecule has 1 aromatic carbocycles. The maximum atomic E-state index is 9.94. The predicted molar refractivity (Wildman–Crippen MR) is 69.4 cm³/mol. The molecule has 1 aliphatic rings. The van der Waals surface area contributed by atoms with Gasteiger partial charge >= 0.3 is 0 Å². The number of nitrogens with one attached hydrogen (secondary N) is 1. The van der Waals surface area contributed by atoms with E-state index in [9.17, 15) is 5.11 Å². The summed E-state index contributed by atoms with van der Waals surface area (Å²) in [5.41, 5.74) is 2.08. The molecule has 2 rings (SSSR count). The van der Waals surface area contributed by atoms with Crippen LogP contribution < -0.4 is 5.32 Å². The van der Waals surface area contributed by atoms with Crippen molar-refractivity contribution in [2.24, 2.45) is 0 Å². The number of rotatable bonds is 4. The third-order valence-corrected chi connectivity index (χ3v) is 4.03. The molecule has 0 radical (unpaired) electrons. The van der Waals surface area contributed by atoms with E-state index in [-0.39, 0.29) is 0 Å². The molecule has 16 heavy (non-hydrogen) atoms. The highest BCUT2D eigenvalue weighted by Crippen LogP contribution is 2.30. The van der Waals surface area contributed by atoms with Crippen LogP contribution in [-0.4, -0.2) is 17.3 Å². The van der Waals surface area contributed by atoms with Crippen LogP contribution in [0, 0.1) is 6.92 Å². The van der Waals surface area contributed by atoms with Gasteiger partial charge in [0, 0.05) is 17.6 Å². The minimum absolute atomic E-state index is 0.434. The van der Waals surface area contributed by atoms with Gasteiger partial charge in [-0.1, -0.05) is 33.6 Å². The monoisotopic (exact) mass is 283 g/mol. The second kappa shape index (κ2) is 4.86. The molecule has 2 N–H and O–H groups in total. The summed E-state index contributed by atoms with van der Waals surface area (Å²) in [6.07, 6.45) is 3.04. The van der Waals surface area contributed by atoms with E-state index >= 15 is 0 Å². The Balaban J connectivity index is 1.87. The van der Waals surface area contributed by atoms with Crippen LogP contribution in [0.1, 0.15) is 30.4 Å². The molecule has 0 saturated heterocycles. The molecule has 2 nitrogen and oxygen atoms in total. The molecule has 0 heterocycles. The first-order valence-corrected chi connectivity index (χ1v) is 6.56. The second-order valence-corrected chi connectivity index (χ2v) is 5.63. The Morgan fingerprint density at radius 3 is 2.81 bits per heavy atom. The van der Waals surface area contributed by atoms with Gasteiger partial charge in [-0.3, -0.25) is 0 Å². The highest BCUT2D eigenvalue weighted by atomic mass is 79.9. The molecule has 0 bridgehead atoms. The maximum absolute atomic E-state index is 9.94. The van der Waals surface area contributed by atoms with Crippen LogP contribution in [0.15, 0.2) is 22.7 Å². The fourth-order valence-corrected chi connectivity index (χ4v) is 2.42. The van der Waals surface area contributed by atoms with E-state index in [2.05, 4.69) is 46.4 Å². The molecule has 0 unspecified atom stereocenters. The number of hydrogen-bond donors (Lipinski definition) is 2. The lowest BCUT2D eigenvalue weighted by molar-refractivity contribution is -0.0314. The molecule has 0 spiro atoms. The van der Waals surface area contributed by atoms with Gasteiger partial charge in [0.15, 0.2) is 0 Å². The van der Waals surface area contributed by atoms with Crippen LogP contribution in [0.5, 0.6) is 0 Å². The summed E-state index contributed by atoms with van der Waals surface area (Å²) in [4.78, 5) is 0. The Kier molecular flexibility index (Phi) is 3.67. The average Bonchev–Trinajstić information content (AvgIpc) is 2.21. The van der Waals surface area contributed by atoms with Gasteiger partial charge in [-0.15, -0.1) is 0 Å². The molecule has 88 valence electrons. The van der Waals surface area contributed by atoms with Crippen LogP contribution in [-0.2, 0) is 6.54 Å². The standard InChI is InChI=1S/C13H18BrNO/c1-10-3-4-12(14)11(7-10)8-15-9-13(16)5-2-6-13/h3-4,7,15-16H,2,5-6,8-9H2,1H3. The van der Waals surface area contributed by atoms with Crippen LogP contribution >= 0.6 is 15.9 Å². The van der Waals surface area contributed by atoms with Crippen LogP contribution in [0.2, 0.25) is 0 Å². The first-order valence-electron chi connectivity index (χ1n) is 5.77. The summed E-state index contributed by atoms with van der Waals surface area (Å²) in [6, 6.07) is 6.33. The van der Waals surface area contributed by atoms with Crippen LogP contribution in [0.25, 0.3) is 0 Å². The number of benzene rings is 1. The highest BCUT2D eigenvalue weighted by Gasteiger charge is 2.33. The van der Waals surface area contributed by atoms with Crippen molar-refractivity contribution >= 4 is 15.9 Å². The third-order valence-electron chi connectivity index (χ3n) is 3.25. The van der Waals surface area contributed by atoms with Crippen molar-refractivity contribution in [2.75, 3.05) is 6.54 Å². The smallest absolute Gasteiger partial charge is 0.0771 e. The molecule has 0 aliphatic heterocycles. The van der Waals surface area contributed by atoms with E-state index in [0.717, 1.165) is 30.3 Å². The van der Waals surface area contributed by atoms with Gasteiger partial charge in [-0.05, 0) is 37.8 Å². The van der Waals surface area contributed by atoms with E-state index in [1.54, 1.807) is 0 Å². The normalized spacial score (nSPS) is 18.2. The van der Waals surface area contributed by atoms with Crippen LogP contribution in [0.3, 0.4) is 0 Å². The van der Waals surface area contributed by atoms with E-state index in [1.807, 2.05) is 0 Å². The zero-order chi connectivity index (χ0) is 11.6. The topological polar surface area (TPSA) is 32.3 Å². The Hall–Kier alpha value is -0.380. The fourth-order valence-electron chi connectivity index (χ4n) is 2.03. The van der Waals surface area contributed by atoms with Gasteiger partial charge in [0.1, 0.15) is 0 Å². The van der Waals surface area contributed by atoms with Crippen molar-refractivity contribution in [1.29, 1.82) is 0 Å². The van der Waals surface area contributed by atoms with Crippen LogP contribution in [0.4, 0.5) is 0 Å². The molecule has 1 aromatic rings. The minimum Gasteiger partial charge on any atom is -0.389 e. The van der Waals surface area contributed by atoms with Gasteiger partial charge in [-0.2, -0.15) is 0 Å². The Labute approximate surface area is 105 Å². The lowest BCUT2D eigenvalue weighted by Gasteiger charge is -2.36. The summed E-state index contributed by atoms with van der Waals surface area (Å²) >= 11 is 3.54. The van der Waals surface area contributed by atoms with Crippen molar-refractivity contribution in [1.82, 2.24) is 5.32 Å². The number of aryl methyl sites for hydroxylation is 1. The number of halogens is 1. The Morgan fingerprint density at radius 1 is 1.44 bits per heavy atom. The lowest BCUT2D eigenvalue weighted by atomic mass is 9.80. The van der Waals surface area contributed by atoms with Gasteiger partial charge in [0.25, 0.3) is 0 Å². The van der Waals surface area contributed by atoms with Crippen molar-refractivity contribution in [3.05, 3.63) is 33.8 Å². The molecule has 0 amide bonds. The van der Waals surface area contributed by atoms with Gasteiger partial charge < -0.3 is 10.4 Å². The van der Waals surface area contributed by atoms with E-state index in [1.165, 1.54) is 11.1 Å². The molecule has 0 aromatic heterocycles. The molecule has 0 atom stereocenters. The lowest BCUT2D eigenvalue weighted by Crippen LogP contribution is -2.46. The Morgan fingerprint density at radius 2 is 2.19 bits per heavy atom. The van der Waals surface area contributed by atoms with Gasteiger partial charge in [0.2, 0.25) is 0 Å². The maximum Gasteiger partial charge on any atom is 0.0771 e. The summed E-state index contributed by atoms with van der Waals surface area (Å²) in [7, 11) is 0. The van der Waals surface area contributed by atoms with Crippen molar-refractivity contribution in [3.63, 3.8) is 0 Å². The van der Waals surface area contributed by atoms with E-state index in [4.69, 9.17) is 0 Å². The molecule has 3 heteroatoms. The first kappa shape index (κ1) is 12.1. The Bertz CT molecular complexity index is 374. The second-order valence-electron chi connectivity index (χ2n) is 4.78. The minimum atomic E-state index is -0.434. The summed E-state index contributed by atoms with van der Waals surface area (Å²) in [5.74, 6) is 0. The average molecular weight is 284 g/mol.